The van der Waals surface area contributed by atoms with Crippen LogP contribution in [0.2, 0.25) is 0 Å². The monoisotopic (exact) mass is 289 g/mol. The summed E-state index contributed by atoms with van der Waals surface area (Å²) in [4.78, 5) is 12.1. The van der Waals surface area contributed by atoms with Gasteiger partial charge in [-0.3, -0.25) is 4.79 Å². The number of aryl methyl sites for hydroxylation is 1. The molecule has 5 nitrogen and oxygen atoms in total. The highest BCUT2D eigenvalue weighted by atomic mass is 32.1. The van der Waals surface area contributed by atoms with Crippen LogP contribution in [0.3, 0.4) is 0 Å². The van der Waals surface area contributed by atoms with Gasteiger partial charge in [-0.1, -0.05) is 36.5 Å². The highest BCUT2D eigenvalue weighted by Crippen LogP contribution is 2.28. The number of nitrogens with one attached hydrogen (secondary N) is 1. The standard InChI is InChI=1S/C14H15N3O2S/c1-2-12-16-17-13(20-12)8-15-14(18)11-7-9-5-3-4-6-10(9)19-11/h3-6,11H,2,7-8H2,1H3,(H,15,18)/t11-/m1/s1. The van der Waals surface area contributed by atoms with Gasteiger partial charge in [0.15, 0.2) is 6.10 Å². The van der Waals surface area contributed by atoms with Crippen molar-refractivity contribution in [2.24, 2.45) is 0 Å². The van der Waals surface area contributed by atoms with E-state index in [1.807, 2.05) is 31.2 Å². The predicted octanol–water partition coefficient (Wildman–Crippen LogP) is 1.72. The molecule has 0 saturated heterocycles. The molecule has 6 heteroatoms. The summed E-state index contributed by atoms with van der Waals surface area (Å²) in [5, 5.41) is 12.7. The maximum absolute atomic E-state index is 12.1. The molecule has 0 bridgehead atoms. The Kier molecular flexibility index (Phi) is 3.64. The molecule has 0 fully saturated rings. The van der Waals surface area contributed by atoms with Crippen molar-refractivity contribution < 1.29 is 9.53 Å². The lowest BCUT2D eigenvalue weighted by Gasteiger charge is -2.10. The van der Waals surface area contributed by atoms with Crippen molar-refractivity contribution in [1.82, 2.24) is 15.5 Å². The second-order valence-electron chi connectivity index (χ2n) is 4.58. The van der Waals surface area contributed by atoms with Crippen molar-refractivity contribution in [3.8, 4) is 5.75 Å². The molecule has 0 spiro atoms. The third-order valence-electron chi connectivity index (χ3n) is 3.16. The summed E-state index contributed by atoms with van der Waals surface area (Å²) in [5.74, 6) is 0.700. The molecule has 1 aliphatic heterocycles. The number of nitrogens with zero attached hydrogens (tertiary/aromatic N) is 2. The Labute approximate surface area is 121 Å². The van der Waals surface area contributed by atoms with Crippen LogP contribution in [-0.2, 0) is 24.2 Å². The van der Waals surface area contributed by atoms with Crippen molar-refractivity contribution >= 4 is 17.2 Å². The summed E-state index contributed by atoms with van der Waals surface area (Å²) in [6.45, 7) is 2.44. The Morgan fingerprint density at radius 1 is 1.40 bits per heavy atom. The Morgan fingerprint density at radius 3 is 2.95 bits per heavy atom. The van der Waals surface area contributed by atoms with Gasteiger partial charge in [-0.05, 0) is 18.1 Å². The molecule has 20 heavy (non-hydrogen) atoms. The molecule has 1 aliphatic rings. The van der Waals surface area contributed by atoms with E-state index in [1.54, 1.807) is 0 Å². The second-order valence-corrected chi connectivity index (χ2v) is 5.73. The first-order valence-corrected chi connectivity index (χ1v) is 7.41. The molecule has 1 amide bonds. The minimum Gasteiger partial charge on any atom is -0.480 e. The van der Waals surface area contributed by atoms with Crippen LogP contribution in [0.15, 0.2) is 24.3 Å². The number of hydrogen-bond acceptors (Lipinski definition) is 5. The molecule has 1 atom stereocenters. The van der Waals surface area contributed by atoms with E-state index in [9.17, 15) is 4.79 Å². The minimum absolute atomic E-state index is 0.102. The number of fused-ring (bicyclic) bond motifs is 1. The predicted molar refractivity (Wildman–Crippen MR) is 75.7 cm³/mol. The summed E-state index contributed by atoms with van der Waals surface area (Å²) in [6.07, 6.45) is 1.05. The maximum Gasteiger partial charge on any atom is 0.261 e. The molecule has 1 N–H and O–H groups in total. The van der Waals surface area contributed by atoms with Gasteiger partial charge in [0.05, 0.1) is 6.54 Å². The normalized spacial score (nSPS) is 16.6. The SMILES string of the molecule is CCc1nnc(CNC(=O)[C@H]2Cc3ccccc3O2)s1. The number of carbonyl (C=O) groups is 1. The lowest BCUT2D eigenvalue weighted by Crippen LogP contribution is -2.36. The molecule has 2 aromatic rings. The van der Waals surface area contributed by atoms with Gasteiger partial charge >= 0.3 is 0 Å². The Hall–Kier alpha value is -1.95. The summed E-state index contributed by atoms with van der Waals surface area (Å²) in [6, 6.07) is 7.74. The molecule has 2 heterocycles. The third kappa shape index (κ3) is 2.65. The lowest BCUT2D eigenvalue weighted by molar-refractivity contribution is -0.127. The van der Waals surface area contributed by atoms with Crippen molar-refractivity contribution in [2.45, 2.75) is 32.4 Å². The molecular weight excluding hydrogens is 274 g/mol. The number of hydrogen-bond donors (Lipinski definition) is 1. The fourth-order valence-corrected chi connectivity index (χ4v) is 2.83. The number of ether oxygens (including phenoxy) is 1. The smallest absolute Gasteiger partial charge is 0.261 e. The topological polar surface area (TPSA) is 64.1 Å². The zero-order valence-corrected chi connectivity index (χ0v) is 11.9. The van der Waals surface area contributed by atoms with Gasteiger partial charge in [-0.15, -0.1) is 10.2 Å². The zero-order valence-electron chi connectivity index (χ0n) is 11.1. The molecular formula is C14H15N3O2S. The fraction of sp³-hybridized carbons (Fsp3) is 0.357. The van der Waals surface area contributed by atoms with E-state index in [4.69, 9.17) is 4.74 Å². The minimum atomic E-state index is -0.439. The first-order valence-electron chi connectivity index (χ1n) is 6.60. The van der Waals surface area contributed by atoms with Gasteiger partial charge in [0.25, 0.3) is 5.91 Å². The summed E-state index contributed by atoms with van der Waals surface area (Å²) in [7, 11) is 0. The molecule has 0 radical (unpaired) electrons. The van der Waals surface area contributed by atoms with E-state index in [1.165, 1.54) is 11.3 Å². The van der Waals surface area contributed by atoms with E-state index in [-0.39, 0.29) is 5.91 Å². The fourth-order valence-electron chi connectivity index (χ4n) is 2.11. The van der Waals surface area contributed by atoms with Crippen LogP contribution in [0.25, 0.3) is 0 Å². The van der Waals surface area contributed by atoms with E-state index < -0.39 is 6.10 Å². The van der Waals surface area contributed by atoms with Crippen molar-refractivity contribution in [2.75, 3.05) is 0 Å². The van der Waals surface area contributed by atoms with E-state index in [0.29, 0.717) is 13.0 Å². The van der Waals surface area contributed by atoms with Gasteiger partial charge in [0.2, 0.25) is 0 Å². The van der Waals surface area contributed by atoms with E-state index in [0.717, 1.165) is 27.7 Å². The zero-order chi connectivity index (χ0) is 13.9. The molecule has 0 unspecified atom stereocenters. The molecule has 0 aliphatic carbocycles. The van der Waals surface area contributed by atoms with Crippen LogP contribution < -0.4 is 10.1 Å². The number of rotatable bonds is 4. The van der Waals surface area contributed by atoms with Gasteiger partial charge in [0.1, 0.15) is 15.8 Å². The Bertz CT molecular complexity index is 601. The van der Waals surface area contributed by atoms with Crippen LogP contribution in [-0.4, -0.2) is 22.2 Å². The molecule has 0 saturated carbocycles. The summed E-state index contributed by atoms with van der Waals surface area (Å²) < 4.78 is 5.64. The number of aromatic nitrogens is 2. The van der Waals surface area contributed by atoms with Crippen LogP contribution >= 0.6 is 11.3 Å². The van der Waals surface area contributed by atoms with Gasteiger partial charge in [0, 0.05) is 6.42 Å². The molecule has 104 valence electrons. The van der Waals surface area contributed by atoms with Crippen molar-refractivity contribution in [3.05, 3.63) is 39.8 Å². The van der Waals surface area contributed by atoms with Crippen LogP contribution in [0.5, 0.6) is 5.75 Å². The molecule has 3 rings (SSSR count). The second kappa shape index (κ2) is 5.58. The number of para-hydroxylation sites is 1. The number of amides is 1. The van der Waals surface area contributed by atoms with Gasteiger partial charge in [-0.25, -0.2) is 0 Å². The van der Waals surface area contributed by atoms with Crippen LogP contribution in [0.1, 0.15) is 22.5 Å². The highest BCUT2D eigenvalue weighted by molar-refractivity contribution is 7.11. The summed E-state index contributed by atoms with van der Waals surface area (Å²) in [5.41, 5.74) is 1.08. The third-order valence-corrected chi connectivity index (χ3v) is 4.23. The van der Waals surface area contributed by atoms with Gasteiger partial charge < -0.3 is 10.1 Å². The number of carbonyl (C=O) groups excluding carboxylic acids is 1. The summed E-state index contributed by atoms with van der Waals surface area (Å²) >= 11 is 1.53. The Balaban J connectivity index is 1.56. The first kappa shape index (κ1) is 13.1. The van der Waals surface area contributed by atoms with E-state index in [2.05, 4.69) is 15.5 Å². The molecule has 1 aromatic heterocycles. The van der Waals surface area contributed by atoms with Crippen LogP contribution in [0, 0.1) is 0 Å². The largest absolute Gasteiger partial charge is 0.480 e. The maximum atomic E-state index is 12.1. The van der Waals surface area contributed by atoms with E-state index >= 15 is 0 Å². The lowest BCUT2D eigenvalue weighted by atomic mass is 10.1. The average molecular weight is 289 g/mol. The average Bonchev–Trinajstić information content (AvgIpc) is 3.10. The van der Waals surface area contributed by atoms with Gasteiger partial charge in [-0.2, -0.15) is 0 Å². The molecule has 1 aromatic carbocycles. The quantitative estimate of drug-likeness (QED) is 0.931. The number of benzene rings is 1. The Morgan fingerprint density at radius 2 is 2.20 bits per heavy atom. The first-order chi connectivity index (χ1) is 9.76. The van der Waals surface area contributed by atoms with Crippen molar-refractivity contribution in [3.63, 3.8) is 0 Å². The van der Waals surface area contributed by atoms with Crippen LogP contribution in [0.4, 0.5) is 0 Å². The van der Waals surface area contributed by atoms with Crippen molar-refractivity contribution in [1.29, 1.82) is 0 Å². The highest BCUT2D eigenvalue weighted by Gasteiger charge is 2.28.